The molecule has 0 atom stereocenters. The van der Waals surface area contributed by atoms with E-state index in [9.17, 15) is 8.42 Å². The minimum Gasteiger partial charge on any atom is -0.325 e. The van der Waals surface area contributed by atoms with Gasteiger partial charge in [-0.25, -0.2) is 13.1 Å². The largest absolute Gasteiger partial charge is 0.325 e. The predicted octanol–water partition coefficient (Wildman–Crippen LogP) is 0.254. The summed E-state index contributed by atoms with van der Waals surface area (Å²) in [5.74, 6) is 0.599. The van der Waals surface area contributed by atoms with E-state index in [0.29, 0.717) is 17.3 Å². The van der Waals surface area contributed by atoms with Gasteiger partial charge in [-0.2, -0.15) is 5.10 Å². The molecule has 1 aliphatic carbocycles. The Morgan fingerprint density at radius 3 is 2.71 bits per heavy atom. The predicted molar refractivity (Wildman–Crippen MR) is 63.7 cm³/mol. The lowest BCUT2D eigenvalue weighted by atomic mass is 9.83. The Labute approximate surface area is 101 Å². The van der Waals surface area contributed by atoms with Crippen molar-refractivity contribution in [3.05, 3.63) is 11.4 Å². The molecule has 0 unspecified atom stereocenters. The van der Waals surface area contributed by atoms with Gasteiger partial charge in [0.25, 0.3) is 0 Å². The van der Waals surface area contributed by atoms with E-state index in [2.05, 4.69) is 21.8 Å². The number of nitrogens with one attached hydrogen (secondary N) is 2. The van der Waals surface area contributed by atoms with Gasteiger partial charge in [0.15, 0.2) is 0 Å². The summed E-state index contributed by atoms with van der Waals surface area (Å²) in [5, 5.41) is 6.56. The molecular formula is C10H18N4O2S. The molecule has 0 aliphatic heterocycles. The molecule has 0 spiro atoms. The van der Waals surface area contributed by atoms with Crippen LogP contribution < -0.4 is 10.5 Å². The van der Waals surface area contributed by atoms with Crippen molar-refractivity contribution in [2.75, 3.05) is 0 Å². The Morgan fingerprint density at radius 2 is 2.18 bits per heavy atom. The van der Waals surface area contributed by atoms with Gasteiger partial charge in [-0.05, 0) is 25.7 Å². The lowest BCUT2D eigenvalue weighted by molar-refractivity contribution is 0.270. The van der Waals surface area contributed by atoms with Gasteiger partial charge in [0, 0.05) is 12.6 Å². The van der Waals surface area contributed by atoms with Crippen LogP contribution in [-0.4, -0.2) is 24.7 Å². The zero-order valence-electron chi connectivity index (χ0n) is 10.0. The molecule has 0 bridgehead atoms. The van der Waals surface area contributed by atoms with Crippen molar-refractivity contribution in [3.8, 4) is 0 Å². The number of aromatic nitrogens is 2. The molecule has 0 radical (unpaired) electrons. The van der Waals surface area contributed by atoms with Crippen LogP contribution in [0, 0.1) is 12.8 Å². The molecule has 2 rings (SSSR count). The maximum absolute atomic E-state index is 12.2. The first-order valence-electron chi connectivity index (χ1n) is 5.70. The lowest BCUT2D eigenvalue weighted by Gasteiger charge is -2.32. The molecule has 1 saturated carbocycles. The second-order valence-corrected chi connectivity index (χ2v) is 6.37. The Kier molecular flexibility index (Phi) is 3.24. The number of nitrogens with zero attached hydrogens (tertiary/aromatic N) is 1. The van der Waals surface area contributed by atoms with E-state index < -0.39 is 10.0 Å². The quantitative estimate of drug-likeness (QED) is 0.720. The normalized spacial score (nSPS) is 24.6. The third kappa shape index (κ3) is 2.36. The average Bonchev–Trinajstić information content (AvgIpc) is 2.57. The molecule has 7 heteroatoms. The zero-order chi connectivity index (χ0) is 12.6. The summed E-state index contributed by atoms with van der Waals surface area (Å²) in [4.78, 5) is 0.208. The van der Waals surface area contributed by atoms with E-state index in [1.165, 1.54) is 0 Å². The highest BCUT2D eigenvalue weighted by Crippen LogP contribution is 2.28. The highest BCUT2D eigenvalue weighted by Gasteiger charge is 2.32. The van der Waals surface area contributed by atoms with Gasteiger partial charge in [-0.1, -0.05) is 6.92 Å². The minimum atomic E-state index is -3.50. The van der Waals surface area contributed by atoms with Crippen LogP contribution in [0.4, 0.5) is 0 Å². The molecule has 1 aliphatic rings. The fourth-order valence-electron chi connectivity index (χ4n) is 2.24. The molecule has 17 heavy (non-hydrogen) atoms. The molecule has 0 aromatic carbocycles. The van der Waals surface area contributed by atoms with Crippen LogP contribution in [0.1, 0.15) is 31.2 Å². The fourth-order valence-corrected chi connectivity index (χ4v) is 3.88. The van der Waals surface area contributed by atoms with Crippen molar-refractivity contribution in [1.29, 1.82) is 0 Å². The molecule has 1 aromatic rings. The Bertz CT molecular complexity index is 502. The highest BCUT2D eigenvalue weighted by molar-refractivity contribution is 7.89. The van der Waals surface area contributed by atoms with E-state index in [-0.39, 0.29) is 17.5 Å². The number of sulfonamides is 1. The van der Waals surface area contributed by atoms with E-state index in [1.807, 2.05) is 0 Å². The van der Waals surface area contributed by atoms with Crippen LogP contribution in [0.15, 0.2) is 4.90 Å². The summed E-state index contributed by atoms with van der Waals surface area (Å²) >= 11 is 0. The Morgan fingerprint density at radius 1 is 1.53 bits per heavy atom. The molecule has 1 heterocycles. The molecule has 96 valence electrons. The average molecular weight is 258 g/mol. The highest BCUT2D eigenvalue weighted by atomic mass is 32.2. The summed E-state index contributed by atoms with van der Waals surface area (Å²) in [6.45, 7) is 3.91. The van der Waals surface area contributed by atoms with E-state index >= 15 is 0 Å². The second-order valence-electron chi connectivity index (χ2n) is 4.72. The molecule has 0 saturated heterocycles. The molecule has 0 amide bonds. The van der Waals surface area contributed by atoms with Gasteiger partial charge >= 0.3 is 0 Å². The smallest absolute Gasteiger partial charge is 0.244 e. The lowest BCUT2D eigenvalue weighted by Crippen LogP contribution is -2.43. The number of nitrogens with two attached hydrogens (primary N) is 1. The van der Waals surface area contributed by atoms with Crippen LogP contribution in [0.25, 0.3) is 0 Å². The van der Waals surface area contributed by atoms with Crippen LogP contribution >= 0.6 is 0 Å². The summed E-state index contributed by atoms with van der Waals surface area (Å²) in [7, 11) is -3.50. The van der Waals surface area contributed by atoms with E-state index in [4.69, 9.17) is 5.73 Å². The zero-order valence-corrected chi connectivity index (χ0v) is 10.8. The van der Waals surface area contributed by atoms with Crippen molar-refractivity contribution < 1.29 is 8.42 Å². The first-order chi connectivity index (χ1) is 7.94. The molecular weight excluding hydrogens is 240 g/mol. The van der Waals surface area contributed by atoms with Gasteiger partial charge in [-0.3, -0.25) is 5.10 Å². The number of hydrogen-bond acceptors (Lipinski definition) is 4. The van der Waals surface area contributed by atoms with Gasteiger partial charge in [-0.15, -0.1) is 0 Å². The van der Waals surface area contributed by atoms with Crippen LogP contribution in [0.2, 0.25) is 0 Å². The standard InChI is InChI=1S/C10H18N4O2S/c1-6-3-8(4-6)14-17(15,16)10-7(2)12-13-9(10)5-11/h6,8,14H,3-5,11H2,1-2H3,(H,12,13). The third-order valence-electron chi connectivity index (χ3n) is 3.12. The number of aromatic amines is 1. The number of aryl methyl sites for hydroxylation is 1. The van der Waals surface area contributed by atoms with Crippen LogP contribution in [0.3, 0.4) is 0 Å². The van der Waals surface area contributed by atoms with Crippen LogP contribution in [0.5, 0.6) is 0 Å². The summed E-state index contributed by atoms with van der Waals surface area (Å²) in [6.07, 6.45) is 1.79. The fraction of sp³-hybridized carbons (Fsp3) is 0.700. The summed E-state index contributed by atoms with van der Waals surface area (Å²) in [5.41, 5.74) is 6.41. The van der Waals surface area contributed by atoms with Crippen molar-refractivity contribution >= 4 is 10.0 Å². The molecule has 1 aromatic heterocycles. The molecule has 6 nitrogen and oxygen atoms in total. The topological polar surface area (TPSA) is 101 Å². The molecule has 1 fully saturated rings. The van der Waals surface area contributed by atoms with Gasteiger partial charge in [0.05, 0.1) is 11.4 Å². The van der Waals surface area contributed by atoms with Crippen molar-refractivity contribution in [2.24, 2.45) is 11.7 Å². The van der Waals surface area contributed by atoms with Crippen LogP contribution in [-0.2, 0) is 16.6 Å². The first-order valence-corrected chi connectivity index (χ1v) is 7.18. The van der Waals surface area contributed by atoms with Crippen molar-refractivity contribution in [3.63, 3.8) is 0 Å². The Hall–Kier alpha value is -0.920. The van der Waals surface area contributed by atoms with Crippen molar-refractivity contribution in [1.82, 2.24) is 14.9 Å². The van der Waals surface area contributed by atoms with Crippen molar-refractivity contribution in [2.45, 2.75) is 44.2 Å². The maximum atomic E-state index is 12.2. The number of rotatable bonds is 4. The first kappa shape index (κ1) is 12.5. The summed E-state index contributed by atoms with van der Waals surface area (Å²) < 4.78 is 27.1. The minimum absolute atomic E-state index is 0.0509. The molecule has 4 N–H and O–H groups in total. The van der Waals surface area contributed by atoms with Gasteiger partial charge in [0.2, 0.25) is 10.0 Å². The van der Waals surface area contributed by atoms with E-state index in [0.717, 1.165) is 12.8 Å². The number of hydrogen-bond donors (Lipinski definition) is 3. The Balaban J connectivity index is 2.22. The number of H-pyrrole nitrogens is 1. The van der Waals surface area contributed by atoms with Gasteiger partial charge in [0.1, 0.15) is 4.90 Å². The van der Waals surface area contributed by atoms with E-state index in [1.54, 1.807) is 6.92 Å². The maximum Gasteiger partial charge on any atom is 0.244 e. The summed E-state index contributed by atoms with van der Waals surface area (Å²) in [6, 6.07) is 0.0509. The second kappa shape index (κ2) is 4.40. The third-order valence-corrected chi connectivity index (χ3v) is 4.84. The SMILES string of the molecule is Cc1[nH]nc(CN)c1S(=O)(=O)NC1CC(C)C1. The van der Waals surface area contributed by atoms with Gasteiger partial charge < -0.3 is 5.73 Å². The monoisotopic (exact) mass is 258 g/mol.